The van der Waals surface area contributed by atoms with Gasteiger partial charge in [0.05, 0.1) is 6.33 Å². The highest BCUT2D eigenvalue weighted by Crippen LogP contribution is 2.26. The lowest BCUT2D eigenvalue weighted by molar-refractivity contribution is 0.292. The largest absolute Gasteiger partial charge is 0.310 e. The highest BCUT2D eigenvalue weighted by atomic mass is 15.0. The van der Waals surface area contributed by atoms with Crippen LogP contribution in [0.4, 0.5) is 0 Å². The third-order valence-corrected chi connectivity index (χ3v) is 4.13. The van der Waals surface area contributed by atoms with Gasteiger partial charge in [-0.2, -0.15) is 0 Å². The van der Waals surface area contributed by atoms with Crippen molar-refractivity contribution in [3.63, 3.8) is 0 Å². The number of imidazole rings is 1. The van der Waals surface area contributed by atoms with Gasteiger partial charge in [0.2, 0.25) is 0 Å². The number of aromatic nitrogens is 2. The fourth-order valence-electron chi connectivity index (χ4n) is 2.51. The summed E-state index contributed by atoms with van der Waals surface area (Å²) in [6.07, 6.45) is 9.82. The van der Waals surface area contributed by atoms with Crippen LogP contribution in [-0.4, -0.2) is 16.1 Å². The second-order valence-corrected chi connectivity index (χ2v) is 5.49. The normalized spacial score (nSPS) is 17.1. The Morgan fingerprint density at radius 2 is 2.11 bits per heavy atom. The molecule has 0 amide bonds. The van der Waals surface area contributed by atoms with Crippen molar-refractivity contribution in [2.24, 2.45) is 5.92 Å². The summed E-state index contributed by atoms with van der Waals surface area (Å²) in [6.45, 7) is 3.40. The average molecular weight is 255 g/mol. The lowest BCUT2D eigenvalue weighted by Gasteiger charge is -2.27. The Labute approximate surface area is 114 Å². The first-order chi connectivity index (χ1) is 9.33. The fourth-order valence-corrected chi connectivity index (χ4v) is 2.51. The van der Waals surface area contributed by atoms with E-state index >= 15 is 0 Å². The number of rotatable bonds is 5. The minimum Gasteiger partial charge on any atom is -0.310 e. The molecule has 0 spiro atoms. The topological polar surface area (TPSA) is 29.9 Å². The minimum absolute atomic E-state index is 0.428. The first-order valence-electron chi connectivity index (χ1n) is 7.14. The van der Waals surface area contributed by atoms with Gasteiger partial charge < -0.3 is 9.88 Å². The van der Waals surface area contributed by atoms with E-state index in [1.165, 1.54) is 24.8 Å². The molecule has 1 saturated carbocycles. The first-order valence-corrected chi connectivity index (χ1v) is 7.14. The first kappa shape index (κ1) is 12.4. The van der Waals surface area contributed by atoms with Crippen molar-refractivity contribution in [1.82, 2.24) is 14.9 Å². The van der Waals surface area contributed by atoms with E-state index < -0.39 is 0 Å². The van der Waals surface area contributed by atoms with Crippen molar-refractivity contribution < 1.29 is 0 Å². The van der Waals surface area contributed by atoms with Crippen LogP contribution >= 0.6 is 0 Å². The van der Waals surface area contributed by atoms with Crippen LogP contribution in [0.2, 0.25) is 0 Å². The molecule has 1 atom stereocenters. The maximum absolute atomic E-state index is 4.07. The summed E-state index contributed by atoms with van der Waals surface area (Å²) in [7, 11) is 0. The van der Waals surface area contributed by atoms with Crippen molar-refractivity contribution in [1.29, 1.82) is 0 Å². The molecule has 1 fully saturated rings. The molecule has 1 heterocycles. The summed E-state index contributed by atoms with van der Waals surface area (Å²) in [5.41, 5.74) is 2.51. The van der Waals surface area contributed by atoms with Crippen LogP contribution in [0, 0.1) is 5.92 Å². The van der Waals surface area contributed by atoms with Gasteiger partial charge in [-0.1, -0.05) is 18.6 Å². The molecule has 3 rings (SSSR count). The predicted molar refractivity (Wildman–Crippen MR) is 77.3 cm³/mol. The van der Waals surface area contributed by atoms with Gasteiger partial charge in [-0.05, 0) is 49.9 Å². The van der Waals surface area contributed by atoms with Crippen molar-refractivity contribution in [2.45, 2.75) is 32.2 Å². The Balaban J connectivity index is 1.61. The molecule has 0 aliphatic heterocycles. The zero-order valence-electron chi connectivity index (χ0n) is 11.4. The molecule has 1 N–H and O–H groups in total. The molecule has 0 bridgehead atoms. The molecule has 3 heteroatoms. The fraction of sp³-hybridized carbons (Fsp3) is 0.438. The number of hydrogen-bond acceptors (Lipinski definition) is 2. The van der Waals surface area contributed by atoms with Gasteiger partial charge in [-0.3, -0.25) is 0 Å². The number of nitrogens with one attached hydrogen (secondary N) is 1. The van der Waals surface area contributed by atoms with Gasteiger partial charge in [0.25, 0.3) is 0 Å². The molecule has 1 aromatic heterocycles. The lowest BCUT2D eigenvalue weighted by atomic mass is 9.85. The number of benzene rings is 1. The van der Waals surface area contributed by atoms with E-state index in [2.05, 4.69) is 41.5 Å². The zero-order chi connectivity index (χ0) is 13.1. The maximum atomic E-state index is 4.07. The van der Waals surface area contributed by atoms with Crippen LogP contribution in [0.5, 0.6) is 0 Å². The Kier molecular flexibility index (Phi) is 3.65. The summed E-state index contributed by atoms with van der Waals surface area (Å²) in [5, 5.41) is 3.64. The zero-order valence-corrected chi connectivity index (χ0v) is 11.4. The molecule has 3 nitrogen and oxygen atoms in total. The summed E-state index contributed by atoms with van der Waals surface area (Å²) < 4.78 is 2.02. The van der Waals surface area contributed by atoms with Gasteiger partial charge in [0.1, 0.15) is 0 Å². The third kappa shape index (κ3) is 2.87. The second-order valence-electron chi connectivity index (χ2n) is 5.49. The van der Waals surface area contributed by atoms with Crippen molar-refractivity contribution in [3.8, 4) is 5.69 Å². The molecule has 1 aliphatic rings. The van der Waals surface area contributed by atoms with Crippen molar-refractivity contribution in [3.05, 3.63) is 48.5 Å². The van der Waals surface area contributed by atoms with Gasteiger partial charge in [-0.25, -0.2) is 4.98 Å². The molecule has 0 saturated heterocycles. The molecule has 0 radical (unpaired) electrons. The molecule has 19 heavy (non-hydrogen) atoms. The van der Waals surface area contributed by atoms with Crippen molar-refractivity contribution >= 4 is 0 Å². The van der Waals surface area contributed by atoms with Crippen LogP contribution < -0.4 is 5.32 Å². The van der Waals surface area contributed by atoms with Crippen LogP contribution in [-0.2, 0) is 0 Å². The third-order valence-electron chi connectivity index (χ3n) is 4.13. The van der Waals surface area contributed by atoms with Crippen LogP contribution in [0.15, 0.2) is 43.0 Å². The molecular weight excluding hydrogens is 234 g/mol. The van der Waals surface area contributed by atoms with Gasteiger partial charge >= 0.3 is 0 Å². The van der Waals surface area contributed by atoms with E-state index in [-0.39, 0.29) is 0 Å². The Morgan fingerprint density at radius 3 is 2.68 bits per heavy atom. The van der Waals surface area contributed by atoms with Gasteiger partial charge in [0.15, 0.2) is 0 Å². The van der Waals surface area contributed by atoms with Crippen LogP contribution in [0.25, 0.3) is 5.69 Å². The highest BCUT2D eigenvalue weighted by Gasteiger charge is 2.17. The van der Waals surface area contributed by atoms with E-state index in [1.54, 1.807) is 6.20 Å². The summed E-state index contributed by atoms with van der Waals surface area (Å²) in [6, 6.07) is 9.14. The van der Waals surface area contributed by atoms with Crippen LogP contribution in [0.1, 0.15) is 37.8 Å². The number of nitrogens with zero attached hydrogens (tertiary/aromatic N) is 2. The Hall–Kier alpha value is -1.61. The van der Waals surface area contributed by atoms with E-state index in [0.717, 1.165) is 18.2 Å². The summed E-state index contributed by atoms with van der Waals surface area (Å²) in [4.78, 5) is 4.07. The second kappa shape index (κ2) is 5.57. The van der Waals surface area contributed by atoms with Gasteiger partial charge in [0, 0.05) is 24.1 Å². The maximum Gasteiger partial charge on any atom is 0.0991 e. The number of hydrogen-bond donors (Lipinski definition) is 1. The van der Waals surface area contributed by atoms with Crippen molar-refractivity contribution in [2.75, 3.05) is 6.54 Å². The monoisotopic (exact) mass is 255 g/mol. The molecule has 1 aliphatic carbocycles. The Bertz CT molecular complexity index is 497. The smallest absolute Gasteiger partial charge is 0.0991 e. The molecule has 1 aromatic carbocycles. The SMILES string of the molecule is CC(NCC1CCC1)c1ccc(-n2ccnc2)cc1. The quantitative estimate of drug-likeness (QED) is 0.888. The molecule has 100 valence electrons. The lowest BCUT2D eigenvalue weighted by Crippen LogP contribution is -2.29. The molecule has 1 unspecified atom stereocenters. The minimum atomic E-state index is 0.428. The predicted octanol–water partition coefficient (Wildman–Crippen LogP) is 3.32. The van der Waals surface area contributed by atoms with E-state index in [1.807, 2.05) is 17.1 Å². The van der Waals surface area contributed by atoms with E-state index in [4.69, 9.17) is 0 Å². The van der Waals surface area contributed by atoms with E-state index in [9.17, 15) is 0 Å². The average Bonchev–Trinajstić information content (AvgIpc) is 2.91. The summed E-state index contributed by atoms with van der Waals surface area (Å²) in [5.74, 6) is 0.910. The highest BCUT2D eigenvalue weighted by molar-refractivity contribution is 5.35. The van der Waals surface area contributed by atoms with Crippen LogP contribution in [0.3, 0.4) is 0 Å². The summed E-state index contributed by atoms with van der Waals surface area (Å²) >= 11 is 0. The molecule has 2 aromatic rings. The Morgan fingerprint density at radius 1 is 1.32 bits per heavy atom. The van der Waals surface area contributed by atoms with E-state index in [0.29, 0.717) is 6.04 Å². The molecular formula is C16H21N3. The van der Waals surface area contributed by atoms with Gasteiger partial charge in [-0.15, -0.1) is 0 Å². The standard InChI is InChI=1S/C16H21N3/c1-13(18-11-14-3-2-4-14)15-5-7-16(8-6-15)19-10-9-17-12-19/h5-10,12-14,18H,2-4,11H2,1H3.